The molecule has 0 bridgehead atoms. The van der Waals surface area contributed by atoms with E-state index in [1.807, 2.05) is 97.1 Å². The summed E-state index contributed by atoms with van der Waals surface area (Å²) in [5.74, 6) is -2.63. The van der Waals surface area contributed by atoms with E-state index >= 15 is 0 Å². The number of carbonyl (C=O) groups is 2. The van der Waals surface area contributed by atoms with Crippen LogP contribution in [-0.2, 0) is 61.6 Å². The number of ether oxygens (including phenoxy) is 2. The Morgan fingerprint density at radius 1 is 0.386 bits per heavy atom. The molecule has 0 aromatic heterocycles. The summed E-state index contributed by atoms with van der Waals surface area (Å²) in [6.07, 6.45) is 0. The van der Waals surface area contributed by atoms with Gasteiger partial charge in [0.25, 0.3) is 0 Å². The average Bonchev–Trinajstić information content (AvgIpc) is 3.46. The topological polar surface area (TPSA) is 221 Å². The quantitative estimate of drug-likeness (QED) is 0.0268. The Bertz CT molecular complexity index is 3300. The summed E-state index contributed by atoms with van der Waals surface area (Å²) in [7, 11) is -17.9. The molecule has 0 amide bonds. The number of carbonyl (C=O) groups excluding carboxylic acids is 2. The Labute approximate surface area is 499 Å². The van der Waals surface area contributed by atoms with Crippen LogP contribution in [0.1, 0.15) is 20.7 Å². The first-order valence-electron chi connectivity index (χ1n) is 22.8. The van der Waals surface area contributed by atoms with Gasteiger partial charge in [-0.2, -0.15) is 39.2 Å². The largest absolute Gasteiger partial charge is 1.00 e. The number of benzene rings is 8. The summed E-state index contributed by atoms with van der Waals surface area (Å²) in [5.41, 5.74) is -5.67. The normalized spacial score (nSPS) is 11.5. The van der Waals surface area contributed by atoms with Crippen molar-refractivity contribution in [1.29, 1.82) is 0 Å². The molecule has 0 aliphatic heterocycles. The van der Waals surface area contributed by atoms with Crippen LogP contribution in [-0.4, -0.2) is 80.1 Å². The van der Waals surface area contributed by atoms with Crippen molar-refractivity contribution >= 4 is 64.1 Å². The van der Waals surface area contributed by atoms with E-state index in [2.05, 4.69) is 58.0 Å². The maximum atomic E-state index is 13.2. The minimum absolute atomic E-state index is 0. The van der Waals surface area contributed by atoms with Crippen molar-refractivity contribution < 1.29 is 127 Å². The van der Waals surface area contributed by atoms with Crippen LogP contribution < -0.4 is 29.6 Å². The molecule has 83 heavy (non-hydrogen) atoms. The smallest absolute Gasteiger partial charge is 0.743 e. The van der Waals surface area contributed by atoms with Gasteiger partial charge in [0.15, 0.2) is 62.8 Å². The van der Waals surface area contributed by atoms with Crippen molar-refractivity contribution in [3.05, 3.63) is 253 Å². The molecule has 0 atom stereocenters. The van der Waals surface area contributed by atoms with Gasteiger partial charge in [-0.1, -0.05) is 109 Å². The summed E-state index contributed by atoms with van der Waals surface area (Å²) in [5, 5.41) is -9.14. The number of alkyl halides is 7. The van der Waals surface area contributed by atoms with Crippen LogP contribution in [0.3, 0.4) is 0 Å². The first-order valence-corrected chi connectivity index (χ1v) is 29.5. The molecule has 28 heteroatoms. The van der Waals surface area contributed by atoms with E-state index in [4.69, 9.17) is 17.5 Å². The molecule has 0 heterocycles. The molecule has 0 unspecified atom stereocenters. The molecule has 13 nitrogen and oxygen atoms in total. The van der Waals surface area contributed by atoms with Crippen LogP contribution in [0.25, 0.3) is 0 Å². The first kappa shape index (κ1) is 70.8. The zero-order chi connectivity index (χ0) is 60.8. The molecule has 0 spiro atoms. The van der Waals surface area contributed by atoms with Gasteiger partial charge in [0.1, 0.15) is 11.6 Å². The zero-order valence-electron chi connectivity index (χ0n) is 42.6. The van der Waals surface area contributed by atoms with Gasteiger partial charge in [0, 0.05) is 0 Å². The Kier molecular flexibility index (Phi) is 27.7. The van der Waals surface area contributed by atoms with Crippen molar-refractivity contribution in [3.8, 4) is 0 Å². The minimum Gasteiger partial charge on any atom is -0.743 e. The molecule has 0 saturated heterocycles. The third kappa shape index (κ3) is 23.2. The van der Waals surface area contributed by atoms with E-state index in [-0.39, 0.29) is 74.1 Å². The maximum Gasteiger partial charge on any atom is 1.00 e. The average molecular weight is 1270 g/mol. The van der Waals surface area contributed by atoms with Gasteiger partial charge >= 0.3 is 67.6 Å². The number of esters is 2. The molecule has 1 N–H and O–H groups in total. The molecule has 0 fully saturated rings. The Morgan fingerprint density at radius 3 is 0.819 bits per heavy atom. The Hall–Kier alpha value is -6.50. The van der Waals surface area contributed by atoms with Gasteiger partial charge in [-0.3, -0.25) is 4.55 Å². The molecule has 0 saturated carbocycles. The summed E-state index contributed by atoms with van der Waals surface area (Å²) in [6, 6.07) is 69.3. The Balaban J connectivity index is 0.000000278. The van der Waals surface area contributed by atoms with Crippen LogP contribution in [0.15, 0.2) is 260 Å². The van der Waals surface area contributed by atoms with E-state index < -0.39 is 71.5 Å². The van der Waals surface area contributed by atoms with E-state index in [1.165, 1.54) is 92.4 Å². The van der Waals surface area contributed by atoms with Gasteiger partial charge in [-0.15, -0.1) is 0 Å². The van der Waals surface area contributed by atoms with Gasteiger partial charge in [0.05, 0.1) is 32.9 Å². The van der Waals surface area contributed by atoms with Crippen molar-refractivity contribution in [2.45, 2.75) is 45.4 Å². The van der Waals surface area contributed by atoms with Crippen LogP contribution in [0.5, 0.6) is 0 Å². The van der Waals surface area contributed by atoms with Gasteiger partial charge in [-0.05, 0) is 121 Å². The number of hydrogen-bond donors (Lipinski definition) is 1. The van der Waals surface area contributed by atoms with E-state index in [1.54, 1.807) is 12.1 Å². The Morgan fingerprint density at radius 2 is 0.602 bits per heavy atom. The summed E-state index contributed by atoms with van der Waals surface area (Å²) < 4.78 is 203. The zero-order valence-corrected chi connectivity index (χ0v) is 48.7. The first-order chi connectivity index (χ1) is 38.4. The van der Waals surface area contributed by atoms with Crippen molar-refractivity contribution in [2.24, 2.45) is 0 Å². The fourth-order valence-electron chi connectivity index (χ4n) is 5.95. The SMILES string of the molecule is Fc1ccc([S+](c2ccccc2)c2ccccc2)cc1.Fc1ccc([S+](c2ccccc2)c2ccccc2)cc1.O=C(OCC(F)(F)S(=O)(=O)O)c1ccccc1.O=C(OCC(F)(F)S(=O)(=O)[O-])c1ccccc1.O=S(=O)([O-])C(F)(F)F.[Na+]. The summed E-state index contributed by atoms with van der Waals surface area (Å²) >= 11 is 0. The van der Waals surface area contributed by atoms with Gasteiger partial charge in [0.2, 0.25) is 0 Å². The molecule has 0 aliphatic rings. The van der Waals surface area contributed by atoms with E-state index in [0.29, 0.717) is 0 Å². The second kappa shape index (κ2) is 32.5. The summed E-state index contributed by atoms with van der Waals surface area (Å²) in [6.45, 7) is -3.54. The van der Waals surface area contributed by atoms with Crippen LogP contribution >= 0.6 is 0 Å². The van der Waals surface area contributed by atoms with E-state index in [0.717, 1.165) is 9.79 Å². The van der Waals surface area contributed by atoms with Crippen molar-refractivity contribution in [3.63, 3.8) is 0 Å². The predicted molar refractivity (Wildman–Crippen MR) is 283 cm³/mol. The van der Waals surface area contributed by atoms with Crippen LogP contribution in [0.4, 0.5) is 39.5 Å². The standard InChI is InChI=1S/2C18H14FS.2C9H8F2O5S.CHF3O3S.Na/c2*19-15-11-13-18(14-12-15)20(16-7-3-1-4-8-16)17-9-5-2-6-10-17;2*10-9(11,17(13,14)15)6-16-8(12)7-4-2-1-3-5-7;2-1(3,4)8(5,6)7;/h2*1-14H;2*1-5H,6H2,(H,13,14,15);(H,5,6,7);/q2*+1;;;;+1/p-2. The monoisotopic (exact) mass is 1270 g/mol. The molecular formula is C55H43F9NaO13S5+. The molecule has 8 aromatic rings. The molecular weight excluding hydrogens is 1220 g/mol. The molecule has 8 aromatic carbocycles. The van der Waals surface area contributed by atoms with Crippen LogP contribution in [0.2, 0.25) is 0 Å². The fraction of sp³-hybridized carbons (Fsp3) is 0.0909. The molecule has 8 rings (SSSR count). The maximum absolute atomic E-state index is 13.2. The van der Waals surface area contributed by atoms with Crippen LogP contribution in [0, 0.1) is 11.6 Å². The van der Waals surface area contributed by atoms with Gasteiger partial charge < -0.3 is 18.6 Å². The second-order valence-electron chi connectivity index (χ2n) is 15.8. The molecule has 0 aliphatic carbocycles. The summed E-state index contributed by atoms with van der Waals surface area (Å²) in [4.78, 5) is 29.6. The third-order valence-corrected chi connectivity index (χ3v) is 16.6. The van der Waals surface area contributed by atoms with Crippen molar-refractivity contribution in [1.82, 2.24) is 0 Å². The number of hydrogen-bond acceptors (Lipinski definition) is 12. The second-order valence-corrected chi connectivity index (χ2v) is 24.2. The predicted octanol–water partition coefficient (Wildman–Crippen LogP) is 9.20. The number of rotatable bonds is 14. The molecule has 0 radical (unpaired) electrons. The third-order valence-electron chi connectivity index (χ3n) is 9.80. The van der Waals surface area contributed by atoms with Gasteiger partial charge in [-0.25, -0.2) is 35.2 Å². The molecule has 434 valence electrons. The van der Waals surface area contributed by atoms with E-state index in [9.17, 15) is 70.5 Å². The fourth-order valence-corrected chi connectivity index (χ4v) is 10.5. The van der Waals surface area contributed by atoms with Crippen molar-refractivity contribution in [2.75, 3.05) is 13.2 Å². The minimum atomic E-state index is -6.09. The number of halogens is 9.